The zero-order chi connectivity index (χ0) is 12.8. The van der Waals surface area contributed by atoms with Gasteiger partial charge in [-0.3, -0.25) is 0 Å². The molecule has 0 saturated heterocycles. The second kappa shape index (κ2) is 3.57. The molecular weight excluding hydrogens is 236 g/mol. The zero-order valence-corrected chi connectivity index (χ0v) is 11.2. The Hall–Kier alpha value is -1.36. The molecule has 0 atom stereocenters. The van der Waals surface area contributed by atoms with Gasteiger partial charge in [-0.15, -0.1) is 0 Å². The number of fused-ring (bicyclic) bond motifs is 1. The molecular formula is C12H16N2O2S. The first-order valence-electron chi connectivity index (χ1n) is 5.39. The quantitative estimate of drug-likeness (QED) is 0.846. The maximum Gasteiger partial charge on any atom is 0.177 e. The van der Waals surface area contributed by atoms with Gasteiger partial charge >= 0.3 is 0 Å². The van der Waals surface area contributed by atoms with E-state index in [1.54, 1.807) is 12.1 Å². The molecule has 0 fully saturated rings. The maximum atomic E-state index is 11.7. The van der Waals surface area contributed by atoms with Crippen LogP contribution in [-0.2, 0) is 15.3 Å². The van der Waals surface area contributed by atoms with Crippen LogP contribution in [-0.4, -0.2) is 24.6 Å². The van der Waals surface area contributed by atoms with Crippen LogP contribution in [0.2, 0.25) is 0 Å². The van der Waals surface area contributed by atoms with Gasteiger partial charge in [0, 0.05) is 11.7 Å². The van der Waals surface area contributed by atoms with Gasteiger partial charge in [0.1, 0.15) is 11.3 Å². The Morgan fingerprint density at radius 1 is 1.24 bits per heavy atom. The molecule has 1 heterocycles. The lowest BCUT2D eigenvalue weighted by Crippen LogP contribution is -2.13. The number of imidazole rings is 1. The Labute approximate surface area is 101 Å². The van der Waals surface area contributed by atoms with Gasteiger partial charge in [-0.1, -0.05) is 26.8 Å². The summed E-state index contributed by atoms with van der Waals surface area (Å²) in [5.41, 5.74) is 1.16. The van der Waals surface area contributed by atoms with E-state index >= 15 is 0 Å². The van der Waals surface area contributed by atoms with Crippen LogP contribution in [0.5, 0.6) is 0 Å². The third-order valence-corrected chi connectivity index (χ3v) is 3.71. The van der Waals surface area contributed by atoms with Crippen molar-refractivity contribution in [3.05, 3.63) is 24.0 Å². The number of para-hydroxylation sites is 1. The standard InChI is InChI=1S/C12H16N2O2S/c1-12(2,3)11-13-8-6-5-7-9(10(8)14-11)17(4,15)16/h5-7H,1-4H3,(H,13,14). The molecule has 5 heteroatoms. The fraction of sp³-hybridized carbons (Fsp3) is 0.417. The second-order valence-electron chi connectivity index (χ2n) is 5.26. The van der Waals surface area contributed by atoms with Crippen molar-refractivity contribution in [1.82, 2.24) is 9.97 Å². The number of H-pyrrole nitrogens is 1. The topological polar surface area (TPSA) is 62.8 Å². The van der Waals surface area contributed by atoms with Crippen LogP contribution in [0.25, 0.3) is 11.0 Å². The van der Waals surface area contributed by atoms with E-state index in [1.807, 2.05) is 26.8 Å². The van der Waals surface area contributed by atoms with Gasteiger partial charge in [-0.05, 0) is 12.1 Å². The lowest BCUT2D eigenvalue weighted by molar-refractivity contribution is 0.554. The zero-order valence-electron chi connectivity index (χ0n) is 10.4. The van der Waals surface area contributed by atoms with E-state index in [2.05, 4.69) is 9.97 Å². The number of aromatic amines is 1. The highest BCUT2D eigenvalue weighted by atomic mass is 32.2. The van der Waals surface area contributed by atoms with Crippen molar-refractivity contribution in [3.8, 4) is 0 Å². The highest BCUT2D eigenvalue weighted by Crippen LogP contribution is 2.26. The summed E-state index contributed by atoms with van der Waals surface area (Å²) < 4.78 is 23.3. The number of hydrogen-bond acceptors (Lipinski definition) is 3. The van der Waals surface area contributed by atoms with E-state index in [4.69, 9.17) is 0 Å². The van der Waals surface area contributed by atoms with Gasteiger partial charge in [-0.25, -0.2) is 13.4 Å². The van der Waals surface area contributed by atoms with Crippen molar-refractivity contribution < 1.29 is 8.42 Å². The molecule has 0 amide bonds. The molecule has 92 valence electrons. The molecule has 17 heavy (non-hydrogen) atoms. The van der Waals surface area contributed by atoms with Crippen LogP contribution in [0.1, 0.15) is 26.6 Å². The molecule has 0 radical (unpaired) electrons. The molecule has 2 rings (SSSR count). The molecule has 0 spiro atoms. The van der Waals surface area contributed by atoms with Crippen molar-refractivity contribution in [2.75, 3.05) is 6.26 Å². The van der Waals surface area contributed by atoms with Crippen LogP contribution >= 0.6 is 0 Å². The van der Waals surface area contributed by atoms with Crippen molar-refractivity contribution >= 4 is 20.9 Å². The number of aromatic nitrogens is 2. The maximum absolute atomic E-state index is 11.7. The lowest BCUT2D eigenvalue weighted by Gasteiger charge is -2.13. The minimum Gasteiger partial charge on any atom is -0.341 e. The first-order chi connectivity index (χ1) is 7.69. The summed E-state index contributed by atoms with van der Waals surface area (Å²) in [5, 5.41) is 0. The molecule has 0 unspecified atom stereocenters. The van der Waals surface area contributed by atoms with Gasteiger partial charge < -0.3 is 4.98 Å². The van der Waals surface area contributed by atoms with E-state index in [1.165, 1.54) is 6.26 Å². The van der Waals surface area contributed by atoms with Crippen LogP contribution in [0.3, 0.4) is 0 Å². The summed E-state index contributed by atoms with van der Waals surface area (Å²) in [4.78, 5) is 7.87. The number of benzene rings is 1. The number of nitrogens with one attached hydrogen (secondary N) is 1. The van der Waals surface area contributed by atoms with E-state index in [0.717, 1.165) is 11.3 Å². The predicted molar refractivity (Wildman–Crippen MR) is 67.9 cm³/mol. The molecule has 1 aromatic heterocycles. The number of sulfone groups is 1. The van der Waals surface area contributed by atoms with Crippen molar-refractivity contribution in [2.24, 2.45) is 0 Å². The highest BCUT2D eigenvalue weighted by molar-refractivity contribution is 7.91. The molecule has 1 aromatic carbocycles. The van der Waals surface area contributed by atoms with Crippen LogP contribution in [0.15, 0.2) is 23.1 Å². The Morgan fingerprint density at radius 3 is 2.41 bits per heavy atom. The molecule has 0 aliphatic heterocycles. The average Bonchev–Trinajstić information content (AvgIpc) is 2.57. The number of nitrogens with zero attached hydrogens (tertiary/aromatic N) is 1. The van der Waals surface area contributed by atoms with Gasteiger partial charge in [0.2, 0.25) is 0 Å². The summed E-state index contributed by atoms with van der Waals surface area (Å²) in [5.74, 6) is 0.795. The Kier molecular flexibility index (Phi) is 2.54. The van der Waals surface area contributed by atoms with E-state index < -0.39 is 9.84 Å². The van der Waals surface area contributed by atoms with Crippen LogP contribution in [0, 0.1) is 0 Å². The monoisotopic (exact) mass is 252 g/mol. The normalized spacial score (nSPS) is 13.2. The molecule has 2 aromatic rings. The van der Waals surface area contributed by atoms with Gasteiger partial charge in [-0.2, -0.15) is 0 Å². The predicted octanol–water partition coefficient (Wildman–Crippen LogP) is 2.26. The summed E-state index contributed by atoms with van der Waals surface area (Å²) in [7, 11) is -3.24. The first-order valence-corrected chi connectivity index (χ1v) is 7.28. The number of hydrogen-bond donors (Lipinski definition) is 1. The Morgan fingerprint density at radius 2 is 1.88 bits per heavy atom. The largest absolute Gasteiger partial charge is 0.341 e. The van der Waals surface area contributed by atoms with Crippen LogP contribution in [0.4, 0.5) is 0 Å². The van der Waals surface area contributed by atoms with Crippen LogP contribution < -0.4 is 0 Å². The number of rotatable bonds is 1. The Balaban J connectivity index is 2.79. The fourth-order valence-electron chi connectivity index (χ4n) is 1.66. The molecule has 0 saturated carbocycles. The smallest absolute Gasteiger partial charge is 0.177 e. The highest BCUT2D eigenvalue weighted by Gasteiger charge is 2.21. The second-order valence-corrected chi connectivity index (χ2v) is 7.24. The van der Waals surface area contributed by atoms with Gasteiger partial charge in [0.25, 0.3) is 0 Å². The molecule has 0 bridgehead atoms. The lowest BCUT2D eigenvalue weighted by atomic mass is 9.96. The molecule has 0 aliphatic rings. The summed E-state index contributed by atoms with van der Waals surface area (Å²) in [6.45, 7) is 6.10. The van der Waals surface area contributed by atoms with E-state index in [-0.39, 0.29) is 10.3 Å². The van der Waals surface area contributed by atoms with Crippen molar-refractivity contribution in [1.29, 1.82) is 0 Å². The van der Waals surface area contributed by atoms with Crippen molar-refractivity contribution in [2.45, 2.75) is 31.1 Å². The summed E-state index contributed by atoms with van der Waals surface area (Å²) >= 11 is 0. The minimum atomic E-state index is -3.24. The first kappa shape index (κ1) is 12.1. The minimum absolute atomic E-state index is 0.131. The molecule has 4 nitrogen and oxygen atoms in total. The fourth-order valence-corrected chi connectivity index (χ4v) is 2.49. The molecule has 1 N–H and O–H groups in total. The average molecular weight is 252 g/mol. The summed E-state index contributed by atoms with van der Waals surface area (Å²) in [6.07, 6.45) is 1.20. The SMILES string of the molecule is CC(C)(C)c1nc2c(S(C)(=O)=O)cccc2[nH]1. The Bertz CT molecular complexity index is 663. The van der Waals surface area contributed by atoms with E-state index in [9.17, 15) is 8.42 Å². The third-order valence-electron chi connectivity index (χ3n) is 2.59. The van der Waals surface area contributed by atoms with E-state index in [0.29, 0.717) is 5.52 Å². The molecule has 0 aliphatic carbocycles. The van der Waals surface area contributed by atoms with Gasteiger partial charge in [0.15, 0.2) is 9.84 Å². The van der Waals surface area contributed by atoms with Gasteiger partial charge in [0.05, 0.1) is 10.4 Å². The third kappa shape index (κ3) is 2.20. The summed E-state index contributed by atoms with van der Waals surface area (Å²) in [6, 6.07) is 5.15. The van der Waals surface area contributed by atoms with Crippen molar-refractivity contribution in [3.63, 3.8) is 0 Å².